The number of rotatable bonds is 5. The monoisotopic (exact) mass is 451 g/mol. The van der Waals surface area contributed by atoms with Crippen molar-refractivity contribution in [2.24, 2.45) is 0 Å². The van der Waals surface area contributed by atoms with Crippen molar-refractivity contribution in [1.29, 1.82) is 0 Å². The van der Waals surface area contributed by atoms with E-state index >= 15 is 0 Å². The van der Waals surface area contributed by atoms with Crippen LogP contribution in [-0.4, -0.2) is 44.9 Å². The normalized spacial score (nSPS) is 19.4. The maximum Gasteiger partial charge on any atom is 0.335 e. The Morgan fingerprint density at radius 1 is 1.12 bits per heavy atom. The van der Waals surface area contributed by atoms with Gasteiger partial charge in [-0.1, -0.05) is 51.7 Å². The van der Waals surface area contributed by atoms with E-state index < -0.39 is 5.97 Å². The summed E-state index contributed by atoms with van der Waals surface area (Å²) in [5, 5.41) is 9.24. The van der Waals surface area contributed by atoms with Crippen LogP contribution >= 0.6 is 0 Å². The Bertz CT molecular complexity index is 990. The van der Waals surface area contributed by atoms with Gasteiger partial charge in [0.25, 0.3) is 5.91 Å². The molecule has 0 unspecified atom stereocenters. The van der Waals surface area contributed by atoms with Gasteiger partial charge in [0.1, 0.15) is 5.82 Å². The molecule has 1 saturated carbocycles. The van der Waals surface area contributed by atoms with Gasteiger partial charge in [0.15, 0.2) is 0 Å². The zero-order chi connectivity index (χ0) is 24.0. The van der Waals surface area contributed by atoms with Crippen molar-refractivity contribution >= 4 is 23.6 Å². The average molecular weight is 452 g/mol. The largest absolute Gasteiger partial charge is 0.478 e. The quantitative estimate of drug-likeness (QED) is 0.698. The van der Waals surface area contributed by atoms with E-state index in [2.05, 4.69) is 18.8 Å². The molecule has 2 atom stereocenters. The Morgan fingerprint density at radius 2 is 1.85 bits per heavy atom. The molecule has 1 fully saturated rings. The Balaban J connectivity index is 0.000000709. The van der Waals surface area contributed by atoms with Crippen molar-refractivity contribution < 1.29 is 19.5 Å². The van der Waals surface area contributed by atoms with Gasteiger partial charge in [-0.2, -0.15) is 0 Å². The van der Waals surface area contributed by atoms with Gasteiger partial charge in [0, 0.05) is 25.2 Å². The van der Waals surface area contributed by atoms with Gasteiger partial charge in [-0.3, -0.25) is 14.5 Å². The number of aromatic nitrogens is 1. The average Bonchev–Trinajstić information content (AvgIpc) is 3.16. The molecule has 0 bridgehead atoms. The topological polar surface area (TPSA) is 90.8 Å². The summed E-state index contributed by atoms with van der Waals surface area (Å²) in [4.78, 5) is 44.9. The van der Waals surface area contributed by atoms with Crippen LogP contribution in [0.15, 0.2) is 42.6 Å². The van der Waals surface area contributed by atoms with E-state index in [1.807, 2.05) is 12.1 Å². The molecule has 1 aromatic heterocycles. The minimum absolute atomic E-state index is 0.0991. The minimum atomic E-state index is -1.05. The van der Waals surface area contributed by atoms with E-state index in [9.17, 15) is 19.5 Å². The van der Waals surface area contributed by atoms with Crippen molar-refractivity contribution in [3.05, 3.63) is 59.3 Å². The first-order valence-electron chi connectivity index (χ1n) is 11.8. The summed E-state index contributed by atoms with van der Waals surface area (Å²) in [6.45, 7) is 6.32. The highest BCUT2D eigenvalue weighted by atomic mass is 16.4. The fourth-order valence-corrected chi connectivity index (χ4v) is 4.54. The number of benzene rings is 1. The van der Waals surface area contributed by atoms with Crippen LogP contribution in [0.1, 0.15) is 85.6 Å². The number of amides is 2. The second-order valence-electron chi connectivity index (χ2n) is 8.61. The molecule has 0 spiro atoms. The van der Waals surface area contributed by atoms with Crippen molar-refractivity contribution in [3.8, 4) is 0 Å². The third-order valence-electron chi connectivity index (χ3n) is 6.35. The number of unbranched alkanes of at least 4 members (excludes halogenated alkanes) is 1. The number of hydrogen-bond acceptors (Lipinski definition) is 4. The van der Waals surface area contributed by atoms with Crippen LogP contribution < -0.4 is 4.90 Å². The van der Waals surface area contributed by atoms with Gasteiger partial charge in [-0.25, -0.2) is 9.78 Å². The summed E-state index contributed by atoms with van der Waals surface area (Å²) >= 11 is 0. The van der Waals surface area contributed by atoms with Gasteiger partial charge in [0.05, 0.1) is 17.6 Å². The van der Waals surface area contributed by atoms with Crippen LogP contribution in [0, 0.1) is 0 Å². The van der Waals surface area contributed by atoms with Crippen LogP contribution in [0.3, 0.4) is 0 Å². The van der Waals surface area contributed by atoms with E-state index in [1.165, 1.54) is 31.9 Å². The summed E-state index contributed by atoms with van der Waals surface area (Å²) in [7, 11) is 0. The fourth-order valence-electron chi connectivity index (χ4n) is 4.54. The van der Waals surface area contributed by atoms with Crippen LogP contribution in [0.25, 0.3) is 0 Å². The fraction of sp³-hybridized carbons (Fsp3) is 0.462. The molecular weight excluding hydrogens is 418 g/mol. The lowest BCUT2D eigenvalue weighted by Gasteiger charge is -2.43. The van der Waals surface area contributed by atoms with Crippen LogP contribution in [0.2, 0.25) is 0 Å². The molecule has 2 amide bonds. The molecule has 1 N–H and O–H groups in total. The Labute approximate surface area is 195 Å². The molecule has 4 rings (SSSR count). The second-order valence-corrected chi connectivity index (χ2v) is 8.61. The molecular formula is C26H33N3O4. The molecule has 176 valence electrons. The molecule has 0 saturated heterocycles. The van der Waals surface area contributed by atoms with Gasteiger partial charge < -0.3 is 10.0 Å². The molecule has 2 aliphatic rings. The van der Waals surface area contributed by atoms with E-state index in [1.54, 1.807) is 28.1 Å². The number of pyridine rings is 1. The van der Waals surface area contributed by atoms with Crippen LogP contribution in [0.4, 0.5) is 5.82 Å². The second kappa shape index (κ2) is 11.1. The lowest BCUT2D eigenvalue weighted by Crippen LogP contribution is -2.55. The number of aromatic carboxylic acids is 1. The number of hydrogen-bond donors (Lipinski definition) is 1. The van der Waals surface area contributed by atoms with E-state index in [0.29, 0.717) is 17.9 Å². The highest BCUT2D eigenvalue weighted by Crippen LogP contribution is 2.35. The number of anilines is 1. The smallest absolute Gasteiger partial charge is 0.335 e. The van der Waals surface area contributed by atoms with Gasteiger partial charge in [-0.05, 0) is 42.7 Å². The summed E-state index contributed by atoms with van der Waals surface area (Å²) in [6, 6.07) is 9.88. The molecule has 0 radical (unpaired) electrons. The molecule has 7 nitrogen and oxygen atoms in total. The van der Waals surface area contributed by atoms with Crippen molar-refractivity contribution in [1.82, 2.24) is 9.88 Å². The number of carbonyl (C=O) groups excluding carboxylic acids is 2. The number of carboxylic acid groups (broad SMARTS) is 1. The van der Waals surface area contributed by atoms with E-state index in [0.717, 1.165) is 31.2 Å². The molecule has 1 aliphatic heterocycles. The Hall–Kier alpha value is -3.22. The van der Waals surface area contributed by atoms with Gasteiger partial charge in [0.2, 0.25) is 5.91 Å². The first kappa shape index (κ1) is 24.4. The number of fused-ring (bicyclic) bond motifs is 1. The zero-order valence-corrected chi connectivity index (χ0v) is 19.7. The molecule has 2 heterocycles. The van der Waals surface area contributed by atoms with Crippen molar-refractivity contribution in [3.63, 3.8) is 0 Å². The summed E-state index contributed by atoms with van der Waals surface area (Å²) in [5.41, 5.74) is 1.39. The summed E-state index contributed by atoms with van der Waals surface area (Å²) in [5.74, 6) is -0.718. The Morgan fingerprint density at radius 3 is 2.45 bits per heavy atom. The highest BCUT2D eigenvalue weighted by Gasteiger charge is 2.41. The molecule has 2 aromatic rings. The standard InChI is InChI=1S/C22H23N3O4.C4H10/c1-14(26)25(20-8-4-5-11-23-20)19-7-3-2-6-18(19)24-13-16-10-9-15(22(28)29)12-17(16)21(24)27;1-3-4-2/h4-5,8-12,18-19H,2-3,6-7,13H2,1H3,(H,28,29);3-4H2,1-2H3/t18-,19-;/m1./s1. The third-order valence-corrected chi connectivity index (χ3v) is 6.35. The minimum Gasteiger partial charge on any atom is -0.478 e. The van der Waals surface area contributed by atoms with Crippen molar-refractivity contribution in [2.75, 3.05) is 4.90 Å². The first-order chi connectivity index (χ1) is 15.9. The summed E-state index contributed by atoms with van der Waals surface area (Å²) in [6.07, 6.45) is 7.85. The number of carboxylic acids is 1. The highest BCUT2D eigenvalue weighted by molar-refractivity contribution is 6.01. The Kier molecular flexibility index (Phi) is 8.20. The van der Waals surface area contributed by atoms with Crippen molar-refractivity contribution in [2.45, 2.75) is 77.9 Å². The zero-order valence-electron chi connectivity index (χ0n) is 19.7. The number of carbonyl (C=O) groups is 3. The predicted molar refractivity (Wildman–Crippen MR) is 127 cm³/mol. The van der Waals surface area contributed by atoms with Gasteiger partial charge >= 0.3 is 5.97 Å². The lowest BCUT2D eigenvalue weighted by molar-refractivity contribution is -0.117. The van der Waals surface area contributed by atoms with E-state index in [4.69, 9.17) is 0 Å². The first-order valence-corrected chi connectivity index (χ1v) is 11.8. The number of nitrogens with zero attached hydrogens (tertiary/aromatic N) is 3. The molecule has 1 aliphatic carbocycles. The third kappa shape index (κ3) is 5.41. The van der Waals surface area contributed by atoms with Crippen LogP contribution in [-0.2, 0) is 11.3 Å². The van der Waals surface area contributed by atoms with Crippen LogP contribution in [0.5, 0.6) is 0 Å². The molecule has 7 heteroatoms. The predicted octanol–water partition coefficient (Wildman–Crippen LogP) is 4.91. The molecule has 1 aromatic carbocycles. The SMILES string of the molecule is CC(=O)N(c1ccccn1)[C@@H]1CCCC[C@H]1N1Cc2ccc(C(=O)O)cc2C1=O.CCCC. The maximum atomic E-state index is 13.2. The van der Waals surface area contributed by atoms with E-state index in [-0.39, 0.29) is 29.5 Å². The molecule has 33 heavy (non-hydrogen) atoms. The summed E-state index contributed by atoms with van der Waals surface area (Å²) < 4.78 is 0. The van der Waals surface area contributed by atoms with Gasteiger partial charge in [-0.15, -0.1) is 0 Å². The lowest BCUT2D eigenvalue weighted by atomic mass is 9.87. The maximum absolute atomic E-state index is 13.2.